The first-order valence-electron chi connectivity index (χ1n) is 9.65. The number of amides is 1. The van der Waals surface area contributed by atoms with Crippen molar-refractivity contribution in [3.63, 3.8) is 0 Å². The number of rotatable bonds is 6. The number of nitrogens with one attached hydrogen (secondary N) is 1. The third-order valence-corrected chi connectivity index (χ3v) is 6.17. The minimum absolute atomic E-state index is 0.101. The zero-order chi connectivity index (χ0) is 19.0. The molecule has 4 atom stereocenters. The van der Waals surface area contributed by atoms with Crippen LogP contribution in [0.2, 0.25) is 0 Å². The van der Waals surface area contributed by atoms with Gasteiger partial charge in [0.15, 0.2) is 5.69 Å². The van der Waals surface area contributed by atoms with Crippen molar-refractivity contribution >= 4 is 5.91 Å². The van der Waals surface area contributed by atoms with E-state index in [1.807, 2.05) is 0 Å². The fraction of sp³-hybridized carbons (Fsp3) is 0.524. The summed E-state index contributed by atoms with van der Waals surface area (Å²) in [6.07, 6.45) is 5.14. The van der Waals surface area contributed by atoms with Crippen LogP contribution >= 0.6 is 0 Å². The second-order valence-electron chi connectivity index (χ2n) is 7.91. The van der Waals surface area contributed by atoms with Gasteiger partial charge in [-0.05, 0) is 63.0 Å². The fourth-order valence-electron chi connectivity index (χ4n) is 4.74. The van der Waals surface area contributed by atoms with Crippen molar-refractivity contribution in [3.8, 4) is 5.75 Å². The predicted molar refractivity (Wildman–Crippen MR) is 97.8 cm³/mol. The minimum Gasteiger partial charge on any atom is -0.489 e. The highest BCUT2D eigenvalue weighted by Gasteiger charge is 2.42. The van der Waals surface area contributed by atoms with E-state index >= 15 is 0 Å². The Labute approximate surface area is 158 Å². The molecule has 0 aliphatic heterocycles. The summed E-state index contributed by atoms with van der Waals surface area (Å²) in [5, 5.41) is 7.04. The normalized spacial score (nSPS) is 24.8. The molecule has 2 bridgehead atoms. The molecule has 0 spiro atoms. The average molecular weight is 372 g/mol. The van der Waals surface area contributed by atoms with Crippen molar-refractivity contribution in [2.45, 2.75) is 52.2 Å². The Bertz CT molecular complexity index is 835. The lowest BCUT2D eigenvalue weighted by Gasteiger charge is -2.28. The lowest BCUT2D eigenvalue weighted by atomic mass is 9.84. The van der Waals surface area contributed by atoms with Crippen molar-refractivity contribution in [3.05, 3.63) is 47.1 Å². The molecule has 144 valence electrons. The maximum Gasteiger partial charge on any atom is 0.274 e. The molecule has 2 saturated carbocycles. The van der Waals surface area contributed by atoms with Crippen LogP contribution in [-0.2, 0) is 6.61 Å². The maximum absolute atomic E-state index is 13.3. The largest absolute Gasteiger partial charge is 0.489 e. The molecule has 27 heavy (non-hydrogen) atoms. The van der Waals surface area contributed by atoms with Gasteiger partial charge < -0.3 is 14.6 Å². The van der Waals surface area contributed by atoms with Crippen LogP contribution in [0.3, 0.4) is 0 Å². The summed E-state index contributed by atoms with van der Waals surface area (Å²) in [5.74, 6) is 2.45. The van der Waals surface area contributed by atoms with E-state index in [-0.39, 0.29) is 30.1 Å². The third kappa shape index (κ3) is 3.70. The highest BCUT2D eigenvalue weighted by atomic mass is 19.1. The smallest absolute Gasteiger partial charge is 0.274 e. The first kappa shape index (κ1) is 18.0. The van der Waals surface area contributed by atoms with E-state index in [2.05, 4.69) is 17.4 Å². The molecule has 1 aromatic heterocycles. The van der Waals surface area contributed by atoms with E-state index in [0.717, 1.165) is 11.8 Å². The Kier molecular flexibility index (Phi) is 4.89. The van der Waals surface area contributed by atoms with E-state index < -0.39 is 0 Å². The SMILES string of the molecule is Cc1onc(C(=O)NC(C)C2CC3CCC2C3)c1COc1cccc(F)c1. The summed E-state index contributed by atoms with van der Waals surface area (Å²) in [6.45, 7) is 3.93. The maximum atomic E-state index is 13.3. The van der Waals surface area contributed by atoms with Crippen molar-refractivity contribution in [1.82, 2.24) is 10.5 Å². The zero-order valence-electron chi connectivity index (χ0n) is 15.7. The minimum atomic E-state index is -0.368. The molecule has 2 aromatic rings. The number of halogens is 1. The number of ether oxygens (including phenoxy) is 1. The molecule has 5 nitrogen and oxygen atoms in total. The van der Waals surface area contributed by atoms with Crippen LogP contribution in [0.4, 0.5) is 4.39 Å². The molecule has 6 heteroatoms. The van der Waals surface area contributed by atoms with Crippen molar-refractivity contribution in [1.29, 1.82) is 0 Å². The van der Waals surface area contributed by atoms with Crippen LogP contribution in [0.15, 0.2) is 28.8 Å². The highest BCUT2D eigenvalue weighted by Crippen LogP contribution is 2.49. The first-order chi connectivity index (χ1) is 13.0. The Balaban J connectivity index is 1.42. The van der Waals surface area contributed by atoms with Gasteiger partial charge >= 0.3 is 0 Å². The molecule has 0 saturated heterocycles. The summed E-state index contributed by atoms with van der Waals surface area (Å²) in [4.78, 5) is 12.8. The number of aryl methyl sites for hydroxylation is 1. The highest BCUT2D eigenvalue weighted by molar-refractivity contribution is 5.94. The van der Waals surface area contributed by atoms with E-state index in [0.29, 0.717) is 23.0 Å². The number of hydrogen-bond acceptors (Lipinski definition) is 4. The molecule has 0 radical (unpaired) electrons. The third-order valence-electron chi connectivity index (χ3n) is 6.17. The van der Waals surface area contributed by atoms with Crippen molar-refractivity contribution in [2.24, 2.45) is 17.8 Å². The Hall–Kier alpha value is -2.37. The van der Waals surface area contributed by atoms with E-state index in [9.17, 15) is 9.18 Å². The molecule has 2 aliphatic carbocycles. The van der Waals surface area contributed by atoms with Gasteiger partial charge in [-0.1, -0.05) is 17.6 Å². The molecule has 4 unspecified atom stereocenters. The lowest BCUT2D eigenvalue weighted by molar-refractivity contribution is 0.0904. The number of carbonyl (C=O) groups excluding carboxylic acids is 1. The summed E-state index contributed by atoms with van der Waals surface area (Å²) in [7, 11) is 0. The molecule has 4 rings (SSSR count). The van der Waals surface area contributed by atoms with Gasteiger partial charge in [-0.15, -0.1) is 0 Å². The molecule has 2 aliphatic rings. The summed E-state index contributed by atoms with van der Waals surface area (Å²) in [6, 6.07) is 6.02. The van der Waals surface area contributed by atoms with Gasteiger partial charge in [-0.2, -0.15) is 0 Å². The Morgan fingerprint density at radius 1 is 1.41 bits per heavy atom. The Morgan fingerprint density at radius 3 is 2.96 bits per heavy atom. The zero-order valence-corrected chi connectivity index (χ0v) is 15.7. The first-order valence-corrected chi connectivity index (χ1v) is 9.65. The molecular formula is C21H25FN2O3. The molecule has 1 heterocycles. The number of aromatic nitrogens is 1. The molecule has 1 N–H and O–H groups in total. The number of hydrogen-bond donors (Lipinski definition) is 1. The second-order valence-corrected chi connectivity index (χ2v) is 7.91. The summed E-state index contributed by atoms with van der Waals surface area (Å²) < 4.78 is 24.1. The van der Waals surface area contributed by atoms with Gasteiger partial charge in [0, 0.05) is 12.1 Å². The van der Waals surface area contributed by atoms with Crippen LogP contribution in [0.1, 0.15) is 54.4 Å². The average Bonchev–Trinajstić information content (AvgIpc) is 3.35. The van der Waals surface area contributed by atoms with Gasteiger partial charge in [0.1, 0.15) is 23.9 Å². The lowest BCUT2D eigenvalue weighted by Crippen LogP contribution is -2.40. The topological polar surface area (TPSA) is 64.4 Å². The van der Waals surface area contributed by atoms with Gasteiger partial charge in [0.2, 0.25) is 0 Å². The van der Waals surface area contributed by atoms with E-state index in [1.54, 1.807) is 19.1 Å². The molecule has 1 aromatic carbocycles. The monoisotopic (exact) mass is 372 g/mol. The van der Waals surface area contributed by atoms with Crippen LogP contribution in [0, 0.1) is 30.5 Å². The van der Waals surface area contributed by atoms with E-state index in [4.69, 9.17) is 9.26 Å². The number of benzene rings is 1. The number of fused-ring (bicyclic) bond motifs is 2. The molecule has 1 amide bonds. The second kappa shape index (κ2) is 7.33. The number of nitrogens with zero attached hydrogens (tertiary/aromatic N) is 1. The van der Waals surface area contributed by atoms with Crippen LogP contribution in [-0.4, -0.2) is 17.1 Å². The Morgan fingerprint density at radius 2 is 2.26 bits per heavy atom. The standard InChI is InChI=1S/C21H25FN2O3/c1-12(18-9-14-6-7-15(18)8-14)23-21(25)20-19(13(2)27-24-20)11-26-17-5-3-4-16(22)10-17/h3-5,10,12,14-15,18H,6-9,11H2,1-2H3,(H,23,25). The molecular weight excluding hydrogens is 347 g/mol. The van der Waals surface area contributed by atoms with Crippen LogP contribution < -0.4 is 10.1 Å². The van der Waals surface area contributed by atoms with Crippen molar-refractivity contribution in [2.75, 3.05) is 0 Å². The van der Waals surface area contributed by atoms with Crippen LogP contribution in [0.5, 0.6) is 5.75 Å². The predicted octanol–water partition coefficient (Wildman–Crippen LogP) is 4.26. The molecule has 2 fully saturated rings. The van der Waals surface area contributed by atoms with Gasteiger partial charge in [0.05, 0.1) is 5.56 Å². The number of carbonyl (C=O) groups is 1. The van der Waals surface area contributed by atoms with Gasteiger partial charge in [0.25, 0.3) is 5.91 Å². The quantitative estimate of drug-likeness (QED) is 0.823. The van der Waals surface area contributed by atoms with Gasteiger partial charge in [-0.25, -0.2) is 4.39 Å². The summed E-state index contributed by atoms with van der Waals surface area (Å²) in [5.41, 5.74) is 0.843. The van der Waals surface area contributed by atoms with Crippen LogP contribution in [0.25, 0.3) is 0 Å². The van der Waals surface area contributed by atoms with Crippen molar-refractivity contribution < 1.29 is 18.4 Å². The fourth-order valence-corrected chi connectivity index (χ4v) is 4.74. The summed E-state index contributed by atoms with van der Waals surface area (Å²) >= 11 is 0. The van der Waals surface area contributed by atoms with Gasteiger partial charge in [-0.3, -0.25) is 4.79 Å². The van der Waals surface area contributed by atoms with E-state index in [1.165, 1.54) is 37.8 Å².